The van der Waals surface area contributed by atoms with E-state index in [1.54, 1.807) is 12.0 Å². The summed E-state index contributed by atoms with van der Waals surface area (Å²) in [6, 6.07) is 15.6. The molecule has 0 bridgehead atoms. The monoisotopic (exact) mass is 389 g/mol. The summed E-state index contributed by atoms with van der Waals surface area (Å²) in [5.74, 6) is 0.789. The average Bonchev–Trinajstić information content (AvgIpc) is 3.10. The number of hydrogen-bond donors (Lipinski definition) is 0. The number of likely N-dealkylation sites (tertiary alicyclic amines) is 1. The van der Waals surface area contributed by atoms with Gasteiger partial charge in [-0.3, -0.25) is 0 Å². The van der Waals surface area contributed by atoms with E-state index in [1.807, 2.05) is 48.5 Å². The third kappa shape index (κ3) is 3.73. The molecule has 1 aliphatic rings. The minimum absolute atomic E-state index is 0.00340. The molecule has 24 heavy (non-hydrogen) atoms. The van der Waals surface area contributed by atoms with E-state index < -0.39 is 0 Å². The molecular formula is C19H20BrNO3. The number of ether oxygens (including phenoxy) is 2. The zero-order chi connectivity index (χ0) is 16.9. The fourth-order valence-electron chi connectivity index (χ4n) is 3.07. The second-order valence-electron chi connectivity index (χ2n) is 5.78. The SMILES string of the molecule is COc1cc(Br)ccc1C1CCCN1C(=O)OCc1ccccc1. The molecule has 0 spiro atoms. The average molecular weight is 390 g/mol. The Hall–Kier alpha value is -2.01. The van der Waals surface area contributed by atoms with Crippen molar-refractivity contribution < 1.29 is 14.3 Å². The van der Waals surface area contributed by atoms with Crippen LogP contribution in [0.5, 0.6) is 5.75 Å². The summed E-state index contributed by atoms with van der Waals surface area (Å²) in [7, 11) is 1.65. The molecule has 1 atom stereocenters. The summed E-state index contributed by atoms with van der Waals surface area (Å²) < 4.78 is 11.9. The quantitative estimate of drug-likeness (QED) is 0.743. The van der Waals surface area contributed by atoms with E-state index in [4.69, 9.17) is 9.47 Å². The minimum atomic E-state index is -0.272. The van der Waals surface area contributed by atoms with Crippen LogP contribution in [0.15, 0.2) is 53.0 Å². The largest absolute Gasteiger partial charge is 0.496 e. The van der Waals surface area contributed by atoms with Gasteiger partial charge in [0.15, 0.2) is 0 Å². The van der Waals surface area contributed by atoms with Crippen LogP contribution in [0, 0.1) is 0 Å². The van der Waals surface area contributed by atoms with Crippen LogP contribution < -0.4 is 4.74 Å². The van der Waals surface area contributed by atoms with Crippen molar-refractivity contribution in [2.45, 2.75) is 25.5 Å². The van der Waals surface area contributed by atoms with Crippen LogP contribution >= 0.6 is 15.9 Å². The molecule has 0 saturated carbocycles. The lowest BCUT2D eigenvalue weighted by atomic mass is 10.0. The zero-order valence-electron chi connectivity index (χ0n) is 13.6. The second kappa shape index (κ2) is 7.71. The van der Waals surface area contributed by atoms with Gasteiger partial charge in [0, 0.05) is 16.6 Å². The Morgan fingerprint density at radius 1 is 1.25 bits per heavy atom. The molecule has 3 rings (SSSR count). The summed E-state index contributed by atoms with van der Waals surface area (Å²) in [6.45, 7) is 0.998. The molecule has 1 unspecified atom stereocenters. The number of carbonyl (C=O) groups excluding carboxylic acids is 1. The normalized spacial score (nSPS) is 16.9. The van der Waals surface area contributed by atoms with E-state index >= 15 is 0 Å². The van der Waals surface area contributed by atoms with E-state index in [2.05, 4.69) is 15.9 Å². The van der Waals surface area contributed by atoms with Gasteiger partial charge in [-0.05, 0) is 30.5 Å². The molecule has 1 amide bonds. The summed E-state index contributed by atoms with van der Waals surface area (Å²) in [6.07, 6.45) is 1.61. The standard InChI is InChI=1S/C19H20BrNO3/c1-23-18-12-15(20)9-10-16(18)17-8-5-11-21(17)19(22)24-13-14-6-3-2-4-7-14/h2-4,6-7,9-10,12,17H,5,8,11,13H2,1H3. The van der Waals surface area contributed by atoms with Crippen molar-refractivity contribution in [3.8, 4) is 5.75 Å². The topological polar surface area (TPSA) is 38.8 Å². The number of nitrogens with zero attached hydrogens (tertiary/aromatic N) is 1. The molecule has 0 aromatic heterocycles. The lowest BCUT2D eigenvalue weighted by molar-refractivity contribution is 0.0917. The second-order valence-corrected chi connectivity index (χ2v) is 6.69. The summed E-state index contributed by atoms with van der Waals surface area (Å²) in [4.78, 5) is 14.3. The molecule has 0 radical (unpaired) electrons. The van der Waals surface area contributed by atoms with Gasteiger partial charge in [0.1, 0.15) is 12.4 Å². The van der Waals surface area contributed by atoms with E-state index in [0.29, 0.717) is 13.2 Å². The van der Waals surface area contributed by atoms with Gasteiger partial charge in [0.25, 0.3) is 0 Å². The van der Waals surface area contributed by atoms with E-state index in [9.17, 15) is 4.79 Å². The van der Waals surface area contributed by atoms with Crippen molar-refractivity contribution in [2.24, 2.45) is 0 Å². The predicted octanol–water partition coefficient (Wildman–Crippen LogP) is 4.93. The molecule has 2 aromatic rings. The first-order chi connectivity index (χ1) is 11.7. The van der Waals surface area contributed by atoms with Crippen molar-refractivity contribution in [2.75, 3.05) is 13.7 Å². The lowest BCUT2D eigenvalue weighted by Crippen LogP contribution is -2.31. The van der Waals surface area contributed by atoms with Gasteiger partial charge in [0.05, 0.1) is 13.2 Å². The van der Waals surface area contributed by atoms with Crippen LogP contribution in [-0.2, 0) is 11.3 Å². The zero-order valence-corrected chi connectivity index (χ0v) is 15.2. The smallest absolute Gasteiger partial charge is 0.410 e. The third-order valence-corrected chi connectivity index (χ3v) is 4.74. The number of methoxy groups -OCH3 is 1. The van der Waals surface area contributed by atoms with E-state index in [0.717, 1.165) is 34.2 Å². The molecule has 126 valence electrons. The van der Waals surface area contributed by atoms with Crippen LogP contribution in [-0.4, -0.2) is 24.6 Å². The van der Waals surface area contributed by atoms with Gasteiger partial charge in [-0.25, -0.2) is 4.79 Å². The number of amides is 1. The predicted molar refractivity (Wildman–Crippen MR) is 96.0 cm³/mol. The van der Waals surface area contributed by atoms with Crippen molar-refractivity contribution in [1.29, 1.82) is 0 Å². The molecule has 4 nitrogen and oxygen atoms in total. The van der Waals surface area contributed by atoms with Crippen LogP contribution in [0.2, 0.25) is 0 Å². The maximum atomic E-state index is 12.5. The highest BCUT2D eigenvalue weighted by Gasteiger charge is 2.32. The fraction of sp³-hybridized carbons (Fsp3) is 0.316. The fourth-order valence-corrected chi connectivity index (χ4v) is 3.41. The Morgan fingerprint density at radius 2 is 2.04 bits per heavy atom. The number of benzene rings is 2. The summed E-state index contributed by atoms with van der Waals surface area (Å²) in [5, 5.41) is 0. The van der Waals surface area contributed by atoms with Crippen LogP contribution in [0.4, 0.5) is 4.79 Å². The van der Waals surface area contributed by atoms with Crippen molar-refractivity contribution in [3.63, 3.8) is 0 Å². The van der Waals surface area contributed by atoms with Gasteiger partial charge in [-0.1, -0.05) is 52.3 Å². The first-order valence-electron chi connectivity index (χ1n) is 8.00. The van der Waals surface area contributed by atoms with E-state index in [1.165, 1.54) is 0 Å². The van der Waals surface area contributed by atoms with Crippen LogP contribution in [0.1, 0.15) is 30.0 Å². The maximum absolute atomic E-state index is 12.5. The molecule has 1 saturated heterocycles. The molecule has 1 heterocycles. The molecule has 2 aromatic carbocycles. The molecule has 5 heteroatoms. The number of hydrogen-bond acceptors (Lipinski definition) is 3. The highest BCUT2D eigenvalue weighted by Crippen LogP contribution is 2.38. The Kier molecular flexibility index (Phi) is 5.41. The van der Waals surface area contributed by atoms with Gasteiger partial charge < -0.3 is 14.4 Å². The molecule has 0 aliphatic carbocycles. The Labute approximate surface area is 150 Å². The lowest BCUT2D eigenvalue weighted by Gasteiger charge is -2.25. The van der Waals surface area contributed by atoms with Crippen LogP contribution in [0.25, 0.3) is 0 Å². The molecule has 1 fully saturated rings. The third-order valence-electron chi connectivity index (χ3n) is 4.25. The van der Waals surface area contributed by atoms with Crippen LogP contribution in [0.3, 0.4) is 0 Å². The molecular weight excluding hydrogens is 370 g/mol. The van der Waals surface area contributed by atoms with Crippen molar-refractivity contribution >= 4 is 22.0 Å². The maximum Gasteiger partial charge on any atom is 0.410 e. The van der Waals surface area contributed by atoms with Gasteiger partial charge in [-0.2, -0.15) is 0 Å². The van der Waals surface area contributed by atoms with Gasteiger partial charge in [-0.15, -0.1) is 0 Å². The van der Waals surface area contributed by atoms with Crippen molar-refractivity contribution in [1.82, 2.24) is 4.90 Å². The number of halogens is 1. The highest BCUT2D eigenvalue weighted by atomic mass is 79.9. The molecule has 0 N–H and O–H groups in total. The van der Waals surface area contributed by atoms with Gasteiger partial charge >= 0.3 is 6.09 Å². The Balaban J connectivity index is 1.72. The Bertz CT molecular complexity index is 705. The summed E-state index contributed by atoms with van der Waals surface area (Å²) >= 11 is 3.46. The number of carbonyl (C=O) groups is 1. The molecule has 1 aliphatic heterocycles. The van der Waals surface area contributed by atoms with E-state index in [-0.39, 0.29) is 12.1 Å². The van der Waals surface area contributed by atoms with Crippen molar-refractivity contribution in [3.05, 3.63) is 64.1 Å². The highest BCUT2D eigenvalue weighted by molar-refractivity contribution is 9.10. The number of rotatable bonds is 4. The van der Waals surface area contributed by atoms with Gasteiger partial charge in [0.2, 0.25) is 0 Å². The Morgan fingerprint density at radius 3 is 2.79 bits per heavy atom. The minimum Gasteiger partial charge on any atom is -0.496 e. The first kappa shape index (κ1) is 16.8. The first-order valence-corrected chi connectivity index (χ1v) is 8.79. The summed E-state index contributed by atoms with van der Waals surface area (Å²) in [5.41, 5.74) is 2.01.